The van der Waals surface area contributed by atoms with Gasteiger partial charge in [0.05, 0.1) is 5.92 Å². The van der Waals surface area contributed by atoms with Crippen molar-refractivity contribution in [2.45, 2.75) is 46.0 Å². The third-order valence-corrected chi connectivity index (χ3v) is 4.14. The van der Waals surface area contributed by atoms with Gasteiger partial charge in [0.2, 0.25) is 12.7 Å². The van der Waals surface area contributed by atoms with Gasteiger partial charge in [0.25, 0.3) is 0 Å². The molecule has 0 fully saturated rings. The van der Waals surface area contributed by atoms with Crippen LogP contribution in [0.25, 0.3) is 0 Å². The van der Waals surface area contributed by atoms with E-state index < -0.39 is 0 Å². The molecule has 1 aliphatic rings. The number of carbonyl (C=O) groups is 1. The molecule has 0 radical (unpaired) electrons. The summed E-state index contributed by atoms with van der Waals surface area (Å²) in [6.07, 6.45) is 0. The number of hydrogen-bond acceptors (Lipinski definition) is 5. The third-order valence-electron chi connectivity index (χ3n) is 4.14. The Morgan fingerprint density at radius 1 is 1.25 bits per heavy atom. The molecular weight excluding hydrogens is 308 g/mol. The molecule has 24 heavy (non-hydrogen) atoms. The first-order chi connectivity index (χ1) is 11.3. The molecule has 1 N–H and O–H groups in total. The van der Waals surface area contributed by atoms with E-state index in [9.17, 15) is 4.79 Å². The lowest BCUT2D eigenvalue weighted by atomic mass is 9.91. The number of aromatic nitrogens is 1. The van der Waals surface area contributed by atoms with Crippen molar-refractivity contribution < 1.29 is 18.8 Å². The fourth-order valence-corrected chi connectivity index (χ4v) is 2.71. The van der Waals surface area contributed by atoms with Gasteiger partial charge in [0.15, 0.2) is 17.3 Å². The molecule has 1 amide bonds. The fraction of sp³-hybridized carbons (Fsp3) is 0.444. The summed E-state index contributed by atoms with van der Waals surface area (Å²) in [5.74, 6) is 2.11. The zero-order chi connectivity index (χ0) is 17.5. The predicted octanol–water partition coefficient (Wildman–Crippen LogP) is 3.75. The highest BCUT2D eigenvalue weighted by molar-refractivity contribution is 5.95. The van der Waals surface area contributed by atoms with Crippen molar-refractivity contribution in [3.63, 3.8) is 0 Å². The average molecular weight is 330 g/mol. The minimum absolute atomic E-state index is 0.147. The fourth-order valence-electron chi connectivity index (χ4n) is 2.71. The normalized spacial score (nSPS) is 14.5. The number of nitrogens with zero attached hydrogens (tertiary/aromatic N) is 1. The van der Waals surface area contributed by atoms with Gasteiger partial charge in [-0.1, -0.05) is 32.0 Å². The predicted molar refractivity (Wildman–Crippen MR) is 89.5 cm³/mol. The summed E-state index contributed by atoms with van der Waals surface area (Å²) in [5, 5.41) is 6.86. The summed E-state index contributed by atoms with van der Waals surface area (Å²) in [5.41, 5.74) is 1.55. The second-order valence-electron chi connectivity index (χ2n) is 7.06. The minimum atomic E-state index is -0.353. The van der Waals surface area contributed by atoms with E-state index in [1.807, 2.05) is 52.8 Å². The number of fused-ring (bicyclic) bond motifs is 1. The molecule has 128 valence electrons. The zero-order valence-electron chi connectivity index (χ0n) is 14.6. The number of hydrogen-bond donors (Lipinski definition) is 1. The molecular formula is C18H22N2O4. The van der Waals surface area contributed by atoms with Crippen LogP contribution in [0.2, 0.25) is 0 Å². The SMILES string of the molecule is Cc1c(NC(=O)[C@H](C)c2ccc3c(c2)OCO3)noc1C(C)(C)C. The lowest BCUT2D eigenvalue weighted by molar-refractivity contribution is -0.117. The van der Waals surface area contributed by atoms with E-state index in [2.05, 4.69) is 10.5 Å². The second-order valence-corrected chi connectivity index (χ2v) is 7.06. The molecule has 1 aliphatic heterocycles. The Morgan fingerprint density at radius 2 is 1.96 bits per heavy atom. The first kappa shape index (κ1) is 16.4. The van der Waals surface area contributed by atoms with Crippen LogP contribution in [0.15, 0.2) is 22.7 Å². The molecule has 1 aromatic carbocycles. The van der Waals surface area contributed by atoms with E-state index in [0.717, 1.165) is 16.9 Å². The Bertz CT molecular complexity index is 774. The third kappa shape index (κ3) is 2.96. The van der Waals surface area contributed by atoms with Crippen LogP contribution in [0.1, 0.15) is 50.5 Å². The molecule has 0 aliphatic carbocycles. The topological polar surface area (TPSA) is 73.6 Å². The van der Waals surface area contributed by atoms with Crippen molar-refractivity contribution in [1.29, 1.82) is 0 Å². The highest BCUT2D eigenvalue weighted by Crippen LogP contribution is 2.35. The molecule has 0 unspecified atom stereocenters. The van der Waals surface area contributed by atoms with Gasteiger partial charge in [-0.2, -0.15) is 0 Å². The summed E-state index contributed by atoms with van der Waals surface area (Å²) >= 11 is 0. The van der Waals surface area contributed by atoms with Crippen molar-refractivity contribution in [3.8, 4) is 11.5 Å². The van der Waals surface area contributed by atoms with Crippen LogP contribution < -0.4 is 14.8 Å². The molecule has 6 nitrogen and oxygen atoms in total. The lowest BCUT2D eigenvalue weighted by Crippen LogP contribution is -2.20. The van der Waals surface area contributed by atoms with Gasteiger partial charge >= 0.3 is 0 Å². The van der Waals surface area contributed by atoms with E-state index in [-0.39, 0.29) is 24.0 Å². The number of nitrogens with one attached hydrogen (secondary N) is 1. The maximum absolute atomic E-state index is 12.6. The Morgan fingerprint density at radius 3 is 2.62 bits per heavy atom. The van der Waals surface area contributed by atoms with E-state index >= 15 is 0 Å². The minimum Gasteiger partial charge on any atom is -0.454 e. The number of amides is 1. The maximum Gasteiger partial charge on any atom is 0.232 e. The first-order valence-corrected chi connectivity index (χ1v) is 7.94. The lowest BCUT2D eigenvalue weighted by Gasteiger charge is -2.15. The van der Waals surface area contributed by atoms with Crippen LogP contribution in [0.5, 0.6) is 11.5 Å². The van der Waals surface area contributed by atoms with Crippen LogP contribution in [0.4, 0.5) is 5.82 Å². The van der Waals surface area contributed by atoms with E-state index in [1.165, 1.54) is 0 Å². The summed E-state index contributed by atoms with van der Waals surface area (Å²) in [6, 6.07) is 5.53. The van der Waals surface area contributed by atoms with Gasteiger partial charge in [-0.25, -0.2) is 0 Å². The summed E-state index contributed by atoms with van der Waals surface area (Å²) in [7, 11) is 0. The Kier molecular flexibility index (Phi) is 3.99. The largest absolute Gasteiger partial charge is 0.454 e. The first-order valence-electron chi connectivity index (χ1n) is 7.94. The van der Waals surface area contributed by atoms with E-state index in [4.69, 9.17) is 14.0 Å². The van der Waals surface area contributed by atoms with Crippen molar-refractivity contribution in [3.05, 3.63) is 35.1 Å². The van der Waals surface area contributed by atoms with Crippen LogP contribution in [0, 0.1) is 6.92 Å². The van der Waals surface area contributed by atoms with Crippen LogP contribution >= 0.6 is 0 Å². The number of carbonyl (C=O) groups excluding carboxylic acids is 1. The Hall–Kier alpha value is -2.50. The van der Waals surface area contributed by atoms with E-state index in [1.54, 1.807) is 0 Å². The van der Waals surface area contributed by atoms with E-state index in [0.29, 0.717) is 17.3 Å². The number of rotatable bonds is 3. The van der Waals surface area contributed by atoms with Gasteiger partial charge < -0.3 is 19.3 Å². The molecule has 6 heteroatoms. The van der Waals surface area contributed by atoms with Gasteiger partial charge in [0, 0.05) is 11.0 Å². The van der Waals surface area contributed by atoms with Crippen molar-refractivity contribution in [2.24, 2.45) is 0 Å². The number of benzene rings is 1. The Labute approximate surface area is 141 Å². The maximum atomic E-state index is 12.6. The van der Waals surface area contributed by atoms with Crippen molar-refractivity contribution in [1.82, 2.24) is 5.16 Å². The molecule has 0 saturated heterocycles. The summed E-state index contributed by atoms with van der Waals surface area (Å²) < 4.78 is 16.1. The Balaban J connectivity index is 1.76. The van der Waals surface area contributed by atoms with Crippen molar-refractivity contribution in [2.75, 3.05) is 12.1 Å². The zero-order valence-corrected chi connectivity index (χ0v) is 14.6. The molecule has 3 rings (SSSR count). The van der Waals surface area contributed by atoms with Crippen LogP contribution in [-0.2, 0) is 10.2 Å². The summed E-state index contributed by atoms with van der Waals surface area (Å²) in [6.45, 7) is 10.1. The van der Waals surface area contributed by atoms with Gasteiger partial charge in [0.1, 0.15) is 5.76 Å². The highest BCUT2D eigenvalue weighted by atomic mass is 16.7. The number of anilines is 1. The standard InChI is InChI=1S/C18H22N2O4/c1-10(12-6-7-13-14(8-12)23-9-22-13)17(21)19-16-11(2)15(24-20-16)18(3,4)5/h6-8,10H,9H2,1-5H3,(H,19,20,21)/t10-/m1/s1. The molecule has 1 atom stereocenters. The monoisotopic (exact) mass is 330 g/mol. The van der Waals surface area contributed by atoms with Crippen LogP contribution in [0.3, 0.4) is 0 Å². The van der Waals surface area contributed by atoms with Gasteiger partial charge in [-0.15, -0.1) is 0 Å². The highest BCUT2D eigenvalue weighted by Gasteiger charge is 2.26. The second kappa shape index (κ2) is 5.85. The summed E-state index contributed by atoms with van der Waals surface area (Å²) in [4.78, 5) is 12.6. The smallest absolute Gasteiger partial charge is 0.232 e. The van der Waals surface area contributed by atoms with Crippen LogP contribution in [-0.4, -0.2) is 17.9 Å². The average Bonchev–Trinajstić information content (AvgIpc) is 3.12. The van der Waals surface area contributed by atoms with Crippen molar-refractivity contribution >= 4 is 11.7 Å². The number of ether oxygens (including phenoxy) is 2. The molecule has 2 aromatic rings. The molecule has 0 saturated carbocycles. The van der Waals surface area contributed by atoms with Gasteiger partial charge in [-0.3, -0.25) is 4.79 Å². The molecule has 0 bridgehead atoms. The molecule has 0 spiro atoms. The molecule has 2 heterocycles. The molecule has 1 aromatic heterocycles. The van der Waals surface area contributed by atoms with Gasteiger partial charge in [-0.05, 0) is 31.5 Å². The quantitative estimate of drug-likeness (QED) is 0.928.